The van der Waals surface area contributed by atoms with Crippen LogP contribution in [0, 0.1) is 21.5 Å². The maximum atomic E-state index is 3.04. The Hall–Kier alpha value is 0.0800. The summed E-state index contributed by atoms with van der Waals surface area (Å²) >= 11 is 6.07. The van der Waals surface area contributed by atoms with E-state index in [0.29, 0.717) is 0 Å². The Kier molecular flexibility index (Phi) is 9.15. The fourth-order valence-electron chi connectivity index (χ4n) is 0.521. The van der Waals surface area contributed by atoms with Crippen LogP contribution in [-0.2, 0) is 0 Å². The zero-order valence-electron chi connectivity index (χ0n) is 5.58. The monoisotopic (exact) mass is 262 g/mol. The molecule has 0 heterocycles. The highest BCUT2D eigenvalue weighted by molar-refractivity contribution is 9.12. The minimum Gasteiger partial charge on any atom is -0.0908 e. The van der Waals surface area contributed by atoms with Crippen LogP contribution in [0.4, 0.5) is 0 Å². The highest BCUT2D eigenvalue weighted by Gasteiger charge is 1.81. The standard InChI is InChI=1S/C8H8Br2/c9-7-5-3-1-2-4-6-8-10/h1-4H2. The molecule has 10 heavy (non-hydrogen) atoms. The molecule has 0 nitrogen and oxygen atoms in total. The van der Waals surface area contributed by atoms with Gasteiger partial charge in [-0.05, 0) is 22.5 Å². The Balaban J connectivity index is 3.00. The number of unbranched alkanes of at least 4 members (excludes halogenated alkanes) is 3. The van der Waals surface area contributed by atoms with E-state index < -0.39 is 0 Å². The van der Waals surface area contributed by atoms with E-state index >= 15 is 0 Å². The Bertz CT molecular complexity index is 153. The second-order valence-electron chi connectivity index (χ2n) is 1.75. The second-order valence-corrected chi connectivity index (χ2v) is 2.54. The summed E-state index contributed by atoms with van der Waals surface area (Å²) in [4.78, 5) is 5.35. The quantitative estimate of drug-likeness (QED) is 0.542. The predicted octanol–water partition coefficient (Wildman–Crippen LogP) is 3.26. The first kappa shape index (κ1) is 10.1. The van der Waals surface area contributed by atoms with Crippen LogP contribution in [0.25, 0.3) is 0 Å². The molecule has 0 bridgehead atoms. The van der Waals surface area contributed by atoms with Gasteiger partial charge >= 0.3 is 0 Å². The van der Waals surface area contributed by atoms with E-state index in [0.717, 1.165) is 25.7 Å². The van der Waals surface area contributed by atoms with Crippen molar-refractivity contribution in [1.82, 2.24) is 0 Å². The van der Waals surface area contributed by atoms with E-state index in [2.05, 4.69) is 53.4 Å². The summed E-state index contributed by atoms with van der Waals surface area (Å²) in [6.45, 7) is 0. The molecule has 0 aromatic carbocycles. The van der Waals surface area contributed by atoms with Gasteiger partial charge in [0, 0.05) is 44.7 Å². The molecule has 0 spiro atoms. The van der Waals surface area contributed by atoms with Gasteiger partial charge in [-0.2, -0.15) is 0 Å². The number of hydrogen-bond donors (Lipinski definition) is 0. The van der Waals surface area contributed by atoms with Crippen molar-refractivity contribution in [2.75, 3.05) is 0 Å². The molecule has 0 atom stereocenters. The number of halogens is 2. The van der Waals surface area contributed by atoms with Gasteiger partial charge in [-0.25, -0.2) is 0 Å². The molecule has 0 unspecified atom stereocenters. The lowest BCUT2D eigenvalue weighted by Gasteiger charge is -1.86. The molecule has 2 heteroatoms. The molecule has 0 saturated heterocycles. The van der Waals surface area contributed by atoms with E-state index in [1.54, 1.807) is 0 Å². The predicted molar refractivity (Wildman–Crippen MR) is 51.9 cm³/mol. The molecule has 54 valence electrons. The van der Waals surface area contributed by atoms with Gasteiger partial charge in [0.1, 0.15) is 0 Å². The third-order valence-corrected chi connectivity index (χ3v) is 1.55. The van der Waals surface area contributed by atoms with Crippen molar-refractivity contribution < 1.29 is 0 Å². The van der Waals surface area contributed by atoms with Crippen molar-refractivity contribution in [1.29, 1.82) is 0 Å². The van der Waals surface area contributed by atoms with E-state index in [1.807, 2.05) is 0 Å². The highest BCUT2D eigenvalue weighted by atomic mass is 79.9. The van der Waals surface area contributed by atoms with E-state index in [-0.39, 0.29) is 0 Å². The summed E-state index contributed by atoms with van der Waals surface area (Å²) in [5.41, 5.74) is 0. The number of hydrogen-bond acceptors (Lipinski definition) is 0. The van der Waals surface area contributed by atoms with Crippen LogP contribution in [0.3, 0.4) is 0 Å². The van der Waals surface area contributed by atoms with Crippen LogP contribution in [0.2, 0.25) is 0 Å². The Morgan fingerprint density at radius 3 is 1.50 bits per heavy atom. The van der Waals surface area contributed by atoms with Crippen LogP contribution in [0.1, 0.15) is 25.7 Å². The van der Waals surface area contributed by atoms with Crippen molar-refractivity contribution in [3.63, 3.8) is 0 Å². The zero-order valence-corrected chi connectivity index (χ0v) is 8.76. The zero-order chi connectivity index (χ0) is 7.66. The summed E-state index contributed by atoms with van der Waals surface area (Å²) in [6, 6.07) is 0. The van der Waals surface area contributed by atoms with Crippen molar-refractivity contribution in [2.45, 2.75) is 25.7 Å². The third kappa shape index (κ3) is 8.08. The van der Waals surface area contributed by atoms with Crippen LogP contribution in [0.5, 0.6) is 0 Å². The largest absolute Gasteiger partial charge is 0.0908 e. The van der Waals surface area contributed by atoms with Gasteiger partial charge in [0.15, 0.2) is 0 Å². The summed E-state index contributed by atoms with van der Waals surface area (Å²) in [7, 11) is 0. The van der Waals surface area contributed by atoms with Crippen LogP contribution in [0.15, 0.2) is 0 Å². The molecule has 0 saturated carbocycles. The summed E-state index contributed by atoms with van der Waals surface area (Å²) in [6.07, 6.45) is 4.21. The first-order valence-electron chi connectivity index (χ1n) is 3.09. The van der Waals surface area contributed by atoms with Gasteiger partial charge in [-0.1, -0.05) is 11.8 Å². The SMILES string of the molecule is BrC#CCCCCC#CBr. The molecular weight excluding hydrogens is 256 g/mol. The van der Waals surface area contributed by atoms with Gasteiger partial charge < -0.3 is 0 Å². The lowest BCUT2D eigenvalue weighted by atomic mass is 10.2. The highest BCUT2D eigenvalue weighted by Crippen LogP contribution is 1.97. The van der Waals surface area contributed by atoms with Gasteiger partial charge in [0.2, 0.25) is 0 Å². The molecule has 0 rings (SSSR count). The van der Waals surface area contributed by atoms with Crippen molar-refractivity contribution in [3.05, 3.63) is 0 Å². The Labute approximate surface area is 79.0 Å². The van der Waals surface area contributed by atoms with Crippen molar-refractivity contribution in [3.8, 4) is 21.5 Å². The molecule has 0 aromatic heterocycles. The molecule has 0 fully saturated rings. The minimum absolute atomic E-state index is 0.967. The number of rotatable bonds is 3. The lowest BCUT2D eigenvalue weighted by Crippen LogP contribution is -1.71. The summed E-state index contributed by atoms with van der Waals surface area (Å²) in [5.74, 6) is 5.86. The molecule has 0 aliphatic carbocycles. The van der Waals surface area contributed by atoms with E-state index in [1.165, 1.54) is 0 Å². The average Bonchev–Trinajstić information content (AvgIpc) is 1.97. The van der Waals surface area contributed by atoms with Crippen molar-refractivity contribution in [2.24, 2.45) is 0 Å². The molecular formula is C8H8Br2. The van der Waals surface area contributed by atoms with Crippen molar-refractivity contribution >= 4 is 31.9 Å². The Morgan fingerprint density at radius 2 is 1.20 bits per heavy atom. The molecule has 0 N–H and O–H groups in total. The van der Waals surface area contributed by atoms with Gasteiger partial charge in [0.05, 0.1) is 0 Å². The van der Waals surface area contributed by atoms with Crippen LogP contribution < -0.4 is 0 Å². The van der Waals surface area contributed by atoms with Crippen LogP contribution in [-0.4, -0.2) is 0 Å². The second kappa shape index (κ2) is 9.08. The molecule has 0 aliphatic rings. The summed E-state index contributed by atoms with van der Waals surface area (Å²) < 4.78 is 0. The van der Waals surface area contributed by atoms with Crippen LogP contribution >= 0.6 is 31.9 Å². The maximum absolute atomic E-state index is 3.04. The molecule has 0 amide bonds. The first-order valence-corrected chi connectivity index (χ1v) is 4.67. The topological polar surface area (TPSA) is 0 Å². The average molecular weight is 264 g/mol. The first-order chi connectivity index (χ1) is 4.91. The fourth-order valence-corrected chi connectivity index (χ4v) is 0.918. The molecule has 0 aromatic rings. The molecule has 0 radical (unpaired) electrons. The van der Waals surface area contributed by atoms with Gasteiger partial charge in [0.25, 0.3) is 0 Å². The minimum atomic E-state index is 0.967. The summed E-state index contributed by atoms with van der Waals surface area (Å²) in [5, 5.41) is 0. The normalized spacial score (nSPS) is 7.00. The third-order valence-electron chi connectivity index (χ3n) is 0.987. The Morgan fingerprint density at radius 1 is 0.800 bits per heavy atom. The van der Waals surface area contributed by atoms with E-state index in [4.69, 9.17) is 0 Å². The maximum Gasteiger partial charge on any atom is 0.0106 e. The lowest BCUT2D eigenvalue weighted by molar-refractivity contribution is 0.783. The van der Waals surface area contributed by atoms with Gasteiger partial charge in [-0.3, -0.25) is 0 Å². The fraction of sp³-hybridized carbons (Fsp3) is 0.500. The van der Waals surface area contributed by atoms with Gasteiger partial charge in [-0.15, -0.1) is 0 Å². The smallest absolute Gasteiger partial charge is 0.0106 e. The van der Waals surface area contributed by atoms with E-state index in [9.17, 15) is 0 Å². The molecule has 0 aliphatic heterocycles.